The summed E-state index contributed by atoms with van der Waals surface area (Å²) >= 11 is 0. The zero-order valence-corrected chi connectivity index (χ0v) is 15.9. The molecule has 2 aliphatic heterocycles. The molecule has 0 aromatic carbocycles. The number of fused-ring (bicyclic) bond motifs is 2. The van der Waals surface area contributed by atoms with E-state index in [0.717, 1.165) is 32.1 Å². The van der Waals surface area contributed by atoms with Gasteiger partial charge in [-0.25, -0.2) is 0 Å². The van der Waals surface area contributed by atoms with Gasteiger partial charge in [0.2, 0.25) is 0 Å². The van der Waals surface area contributed by atoms with E-state index >= 15 is 0 Å². The second kappa shape index (κ2) is 10.8. The monoisotopic (exact) mass is 348 g/mol. The fourth-order valence-electron chi connectivity index (χ4n) is 4.09. The molecule has 0 spiro atoms. The SMILES string of the molecule is C/C=C(/O)C/C=C\C[C@@H]1[C@H](/C=C/C(O)CCCCCC)[C@@H]2CC[C@H]1O2. The molecule has 3 nitrogen and oxygen atoms in total. The molecular weight excluding hydrogens is 312 g/mol. The Morgan fingerprint density at radius 1 is 1.16 bits per heavy atom. The lowest BCUT2D eigenvalue weighted by Crippen LogP contribution is -2.25. The molecule has 0 aliphatic carbocycles. The van der Waals surface area contributed by atoms with E-state index in [-0.39, 0.29) is 6.10 Å². The third kappa shape index (κ3) is 6.31. The molecule has 2 N–H and O–H groups in total. The van der Waals surface area contributed by atoms with Gasteiger partial charge in [-0.1, -0.05) is 56.9 Å². The zero-order valence-electron chi connectivity index (χ0n) is 15.9. The van der Waals surface area contributed by atoms with Crippen LogP contribution in [0.1, 0.15) is 71.6 Å². The van der Waals surface area contributed by atoms with E-state index in [9.17, 15) is 10.2 Å². The van der Waals surface area contributed by atoms with Crippen LogP contribution in [0.2, 0.25) is 0 Å². The highest BCUT2D eigenvalue weighted by molar-refractivity contribution is 5.09. The molecule has 5 atom stereocenters. The van der Waals surface area contributed by atoms with Crippen molar-refractivity contribution < 1.29 is 14.9 Å². The van der Waals surface area contributed by atoms with Crippen LogP contribution in [0.3, 0.4) is 0 Å². The summed E-state index contributed by atoms with van der Waals surface area (Å²) in [7, 11) is 0. The molecule has 0 radical (unpaired) electrons. The van der Waals surface area contributed by atoms with Crippen LogP contribution in [0.5, 0.6) is 0 Å². The largest absolute Gasteiger partial charge is 0.512 e. The smallest absolute Gasteiger partial charge is 0.0917 e. The summed E-state index contributed by atoms with van der Waals surface area (Å²) in [6.45, 7) is 4.06. The van der Waals surface area contributed by atoms with Crippen molar-refractivity contribution in [1.29, 1.82) is 0 Å². The number of hydrogen-bond acceptors (Lipinski definition) is 3. The number of ether oxygens (including phenoxy) is 1. The lowest BCUT2D eigenvalue weighted by atomic mass is 9.77. The van der Waals surface area contributed by atoms with Crippen molar-refractivity contribution in [3.8, 4) is 0 Å². The lowest BCUT2D eigenvalue weighted by molar-refractivity contribution is 0.0899. The molecule has 2 fully saturated rings. The van der Waals surface area contributed by atoms with Crippen molar-refractivity contribution in [3.63, 3.8) is 0 Å². The van der Waals surface area contributed by atoms with Crippen LogP contribution >= 0.6 is 0 Å². The standard InChI is InChI=1S/C22H36O3/c1-3-5-6-7-11-18(24)13-14-20-19(21-15-16-22(20)25-21)12-9-8-10-17(23)4-2/h4,8-9,13-14,18-24H,3,5-7,10-12,15-16H2,1-2H3/b9-8-,14-13+,17-4+/t18?,19-,20+,21-,22+/m1/s1. The van der Waals surface area contributed by atoms with E-state index in [0.29, 0.717) is 36.2 Å². The number of aliphatic hydroxyl groups excluding tert-OH is 2. The van der Waals surface area contributed by atoms with Crippen LogP contribution in [0.25, 0.3) is 0 Å². The third-order valence-corrected chi connectivity index (χ3v) is 5.63. The summed E-state index contributed by atoms with van der Waals surface area (Å²) < 4.78 is 6.11. The quantitative estimate of drug-likeness (QED) is 0.296. The minimum Gasteiger partial charge on any atom is -0.512 e. The molecule has 0 aromatic heterocycles. The van der Waals surface area contributed by atoms with Gasteiger partial charge in [-0.3, -0.25) is 0 Å². The van der Waals surface area contributed by atoms with Crippen LogP contribution in [-0.2, 0) is 4.74 Å². The van der Waals surface area contributed by atoms with Crippen molar-refractivity contribution in [3.05, 3.63) is 36.1 Å². The maximum Gasteiger partial charge on any atom is 0.0917 e. The molecule has 2 heterocycles. The second-order valence-corrected chi connectivity index (χ2v) is 7.52. The topological polar surface area (TPSA) is 49.7 Å². The molecular formula is C22H36O3. The first-order valence-corrected chi connectivity index (χ1v) is 10.2. The van der Waals surface area contributed by atoms with Crippen LogP contribution in [0.4, 0.5) is 0 Å². The van der Waals surface area contributed by atoms with Crippen molar-refractivity contribution in [2.75, 3.05) is 0 Å². The van der Waals surface area contributed by atoms with Gasteiger partial charge in [-0.15, -0.1) is 0 Å². The summed E-state index contributed by atoms with van der Waals surface area (Å²) in [4.78, 5) is 0. The van der Waals surface area contributed by atoms with E-state index in [1.165, 1.54) is 19.3 Å². The number of rotatable bonds is 11. The highest BCUT2D eigenvalue weighted by atomic mass is 16.5. The van der Waals surface area contributed by atoms with Gasteiger partial charge in [0, 0.05) is 12.3 Å². The van der Waals surface area contributed by atoms with Gasteiger partial charge < -0.3 is 14.9 Å². The average Bonchev–Trinajstić information content (AvgIpc) is 3.22. The fourth-order valence-corrected chi connectivity index (χ4v) is 4.09. The number of aliphatic hydroxyl groups is 2. The molecule has 2 aliphatic rings. The Kier molecular flexibility index (Phi) is 8.77. The van der Waals surface area contributed by atoms with E-state index in [4.69, 9.17) is 4.74 Å². The summed E-state index contributed by atoms with van der Waals surface area (Å²) in [5, 5.41) is 19.7. The van der Waals surface area contributed by atoms with E-state index in [1.54, 1.807) is 6.08 Å². The Morgan fingerprint density at radius 2 is 1.96 bits per heavy atom. The maximum absolute atomic E-state index is 10.2. The second-order valence-electron chi connectivity index (χ2n) is 7.52. The summed E-state index contributed by atoms with van der Waals surface area (Å²) in [5.41, 5.74) is 0. The molecule has 0 aromatic rings. The molecule has 0 amide bonds. The summed E-state index contributed by atoms with van der Waals surface area (Å²) in [5.74, 6) is 1.35. The molecule has 25 heavy (non-hydrogen) atoms. The normalized spacial score (nSPS) is 30.8. The van der Waals surface area contributed by atoms with Crippen molar-refractivity contribution >= 4 is 0 Å². The first-order valence-electron chi connectivity index (χ1n) is 10.2. The Morgan fingerprint density at radius 3 is 2.72 bits per heavy atom. The Bertz CT molecular complexity index is 466. The van der Waals surface area contributed by atoms with Gasteiger partial charge >= 0.3 is 0 Å². The van der Waals surface area contributed by atoms with Gasteiger partial charge in [-0.2, -0.15) is 0 Å². The van der Waals surface area contributed by atoms with Crippen LogP contribution in [-0.4, -0.2) is 28.5 Å². The van der Waals surface area contributed by atoms with Gasteiger partial charge in [0.05, 0.1) is 24.1 Å². The highest BCUT2D eigenvalue weighted by Gasteiger charge is 2.46. The molecule has 2 rings (SSSR count). The van der Waals surface area contributed by atoms with Crippen LogP contribution in [0, 0.1) is 11.8 Å². The van der Waals surface area contributed by atoms with Crippen LogP contribution < -0.4 is 0 Å². The first kappa shape index (κ1) is 20.3. The number of allylic oxidation sites excluding steroid dienone is 3. The number of unbranched alkanes of at least 4 members (excludes halogenated alkanes) is 3. The Hall–Kier alpha value is -1.06. The first-order chi connectivity index (χ1) is 12.2. The highest BCUT2D eigenvalue weighted by Crippen LogP contribution is 2.45. The molecule has 142 valence electrons. The van der Waals surface area contributed by atoms with Crippen molar-refractivity contribution in [2.45, 2.75) is 89.9 Å². The van der Waals surface area contributed by atoms with Crippen molar-refractivity contribution in [1.82, 2.24) is 0 Å². The predicted molar refractivity (Wildman–Crippen MR) is 104 cm³/mol. The average molecular weight is 349 g/mol. The third-order valence-electron chi connectivity index (χ3n) is 5.63. The fraction of sp³-hybridized carbons (Fsp3) is 0.727. The lowest BCUT2D eigenvalue weighted by Gasteiger charge is -2.25. The predicted octanol–water partition coefficient (Wildman–Crippen LogP) is 5.47. The van der Waals surface area contributed by atoms with Gasteiger partial charge in [-0.05, 0) is 44.6 Å². The number of hydrogen-bond donors (Lipinski definition) is 2. The minimum absolute atomic E-state index is 0.321. The Balaban J connectivity index is 1.81. The molecule has 1 unspecified atom stereocenters. The van der Waals surface area contributed by atoms with Gasteiger partial charge in [0.25, 0.3) is 0 Å². The minimum atomic E-state index is -0.321. The maximum atomic E-state index is 10.2. The molecule has 3 heteroatoms. The van der Waals surface area contributed by atoms with Gasteiger partial charge in [0.1, 0.15) is 0 Å². The molecule has 2 bridgehead atoms. The van der Waals surface area contributed by atoms with E-state index < -0.39 is 0 Å². The molecule has 0 saturated carbocycles. The van der Waals surface area contributed by atoms with Gasteiger partial charge in [0.15, 0.2) is 0 Å². The summed E-state index contributed by atoms with van der Waals surface area (Å²) in [6.07, 6.45) is 20.1. The van der Waals surface area contributed by atoms with Crippen LogP contribution in [0.15, 0.2) is 36.1 Å². The molecule has 2 saturated heterocycles. The van der Waals surface area contributed by atoms with E-state index in [2.05, 4.69) is 19.1 Å². The summed E-state index contributed by atoms with van der Waals surface area (Å²) in [6, 6.07) is 0. The van der Waals surface area contributed by atoms with E-state index in [1.807, 2.05) is 19.1 Å². The zero-order chi connectivity index (χ0) is 18.1. The van der Waals surface area contributed by atoms with Crippen molar-refractivity contribution in [2.24, 2.45) is 11.8 Å². The Labute approximate surface area is 153 Å².